The Morgan fingerprint density at radius 1 is 1.09 bits per heavy atom. The molecule has 2 aromatic carbocycles. The van der Waals surface area contributed by atoms with E-state index in [2.05, 4.69) is 5.32 Å². The molecule has 8 nitrogen and oxygen atoms in total. The zero-order chi connectivity index (χ0) is 23.7. The predicted octanol–water partition coefficient (Wildman–Crippen LogP) is 2.40. The van der Waals surface area contributed by atoms with Crippen LogP contribution in [0.4, 0.5) is 5.69 Å². The molecule has 2 amide bonds. The fourth-order valence-electron chi connectivity index (χ4n) is 3.36. The second-order valence-electron chi connectivity index (χ2n) is 7.44. The second kappa shape index (κ2) is 11.5. The van der Waals surface area contributed by atoms with Crippen LogP contribution in [0.25, 0.3) is 0 Å². The quantitative estimate of drug-likeness (QED) is 0.554. The number of amides is 2. The van der Waals surface area contributed by atoms with Gasteiger partial charge in [0, 0.05) is 26.6 Å². The lowest BCUT2D eigenvalue weighted by molar-refractivity contribution is -0.140. The summed E-state index contributed by atoms with van der Waals surface area (Å²) in [6.45, 7) is 2.07. The predicted molar refractivity (Wildman–Crippen MR) is 125 cm³/mol. The van der Waals surface area contributed by atoms with E-state index in [9.17, 15) is 18.0 Å². The highest BCUT2D eigenvalue weighted by atomic mass is 32.2. The number of nitrogens with zero attached hydrogens (tertiary/aromatic N) is 2. The van der Waals surface area contributed by atoms with Crippen molar-refractivity contribution in [2.75, 3.05) is 31.3 Å². The largest absolute Gasteiger partial charge is 0.497 e. The first kappa shape index (κ1) is 25.2. The number of carbonyl (C=O) groups is 2. The number of anilines is 1. The second-order valence-corrected chi connectivity index (χ2v) is 9.34. The highest BCUT2D eigenvalue weighted by Gasteiger charge is 2.26. The maximum Gasteiger partial charge on any atom is 0.242 e. The summed E-state index contributed by atoms with van der Waals surface area (Å²) >= 11 is 0. The number of methoxy groups -OCH3 is 1. The Labute approximate surface area is 190 Å². The van der Waals surface area contributed by atoms with E-state index in [0.717, 1.165) is 11.8 Å². The summed E-state index contributed by atoms with van der Waals surface area (Å²) in [7, 11) is -0.406. The van der Waals surface area contributed by atoms with Gasteiger partial charge in [-0.05, 0) is 43.2 Å². The van der Waals surface area contributed by atoms with Crippen molar-refractivity contribution in [2.24, 2.45) is 0 Å². The maximum absolute atomic E-state index is 13.1. The van der Waals surface area contributed by atoms with Gasteiger partial charge in [-0.1, -0.05) is 30.3 Å². The van der Waals surface area contributed by atoms with Gasteiger partial charge in [-0.3, -0.25) is 13.9 Å². The van der Waals surface area contributed by atoms with Crippen molar-refractivity contribution in [3.63, 3.8) is 0 Å². The van der Waals surface area contributed by atoms with E-state index in [1.54, 1.807) is 44.4 Å². The SMILES string of the molecule is CNC(=O)[C@H](C)N(Cc1cccc(OC)c1)C(=O)CCCN(c1ccccc1)S(C)(=O)=O. The Hall–Kier alpha value is -3.07. The molecular formula is C23H31N3O5S. The van der Waals surface area contributed by atoms with E-state index in [0.29, 0.717) is 17.9 Å². The smallest absolute Gasteiger partial charge is 0.242 e. The van der Waals surface area contributed by atoms with Gasteiger partial charge in [0.05, 0.1) is 19.1 Å². The number of benzene rings is 2. The monoisotopic (exact) mass is 461 g/mol. The standard InChI is InChI=1S/C23H31N3O5S/c1-18(23(28)24-2)25(17-19-10-8-13-21(16-19)31-3)22(27)14-9-15-26(32(4,29)30)20-11-6-5-7-12-20/h5-8,10-13,16,18H,9,14-15,17H2,1-4H3,(H,24,28)/t18-/m0/s1. The summed E-state index contributed by atoms with van der Waals surface area (Å²) < 4.78 is 31.0. The first-order valence-electron chi connectivity index (χ1n) is 10.3. The number of para-hydroxylation sites is 1. The minimum absolute atomic E-state index is 0.101. The van der Waals surface area contributed by atoms with Gasteiger partial charge in [0.1, 0.15) is 11.8 Å². The number of sulfonamides is 1. The molecule has 0 aromatic heterocycles. The third-order valence-corrected chi connectivity index (χ3v) is 6.29. The van der Waals surface area contributed by atoms with E-state index < -0.39 is 16.1 Å². The third kappa shape index (κ3) is 6.98. The molecule has 0 unspecified atom stereocenters. The lowest BCUT2D eigenvalue weighted by Crippen LogP contribution is -2.46. The Kier molecular flexibility index (Phi) is 9.07. The van der Waals surface area contributed by atoms with Gasteiger partial charge in [-0.25, -0.2) is 8.42 Å². The first-order chi connectivity index (χ1) is 15.2. The molecular weight excluding hydrogens is 430 g/mol. The van der Waals surface area contributed by atoms with Crippen LogP contribution in [0.5, 0.6) is 5.75 Å². The zero-order valence-corrected chi connectivity index (χ0v) is 19.8. The fraction of sp³-hybridized carbons (Fsp3) is 0.391. The molecule has 0 saturated heterocycles. The van der Waals surface area contributed by atoms with Gasteiger partial charge in [0.2, 0.25) is 21.8 Å². The molecule has 1 atom stereocenters. The highest BCUT2D eigenvalue weighted by Crippen LogP contribution is 2.19. The summed E-state index contributed by atoms with van der Waals surface area (Å²) in [6, 6.07) is 15.4. The molecule has 2 rings (SSSR count). The number of rotatable bonds is 11. The summed E-state index contributed by atoms with van der Waals surface area (Å²) in [4.78, 5) is 26.8. The molecule has 0 aliphatic carbocycles. The van der Waals surface area contributed by atoms with E-state index in [-0.39, 0.29) is 31.3 Å². The Balaban J connectivity index is 2.14. The van der Waals surface area contributed by atoms with Crippen molar-refractivity contribution in [3.8, 4) is 5.75 Å². The Morgan fingerprint density at radius 2 is 1.78 bits per heavy atom. The van der Waals surface area contributed by atoms with Gasteiger partial charge in [-0.15, -0.1) is 0 Å². The van der Waals surface area contributed by atoms with Crippen LogP contribution in [-0.4, -0.2) is 58.1 Å². The molecule has 0 saturated carbocycles. The lowest BCUT2D eigenvalue weighted by Gasteiger charge is -2.29. The highest BCUT2D eigenvalue weighted by molar-refractivity contribution is 7.92. The molecule has 0 fully saturated rings. The van der Waals surface area contributed by atoms with Gasteiger partial charge >= 0.3 is 0 Å². The van der Waals surface area contributed by atoms with Crippen LogP contribution in [0, 0.1) is 0 Å². The number of hydrogen-bond acceptors (Lipinski definition) is 5. The van der Waals surface area contributed by atoms with Crippen molar-refractivity contribution >= 4 is 27.5 Å². The summed E-state index contributed by atoms with van der Waals surface area (Å²) in [5.74, 6) is 0.155. The van der Waals surface area contributed by atoms with Crippen molar-refractivity contribution in [2.45, 2.75) is 32.4 Å². The van der Waals surface area contributed by atoms with Crippen LogP contribution >= 0.6 is 0 Å². The van der Waals surface area contributed by atoms with Crippen molar-refractivity contribution in [3.05, 3.63) is 60.2 Å². The molecule has 2 aromatic rings. The van der Waals surface area contributed by atoms with Gasteiger partial charge in [-0.2, -0.15) is 0 Å². The maximum atomic E-state index is 13.1. The molecule has 1 N–H and O–H groups in total. The number of likely N-dealkylation sites (N-methyl/N-ethyl adjacent to an activating group) is 1. The van der Waals surface area contributed by atoms with Gasteiger partial charge in [0.25, 0.3) is 0 Å². The Morgan fingerprint density at radius 3 is 2.38 bits per heavy atom. The van der Waals surface area contributed by atoms with Crippen LogP contribution in [-0.2, 0) is 26.2 Å². The van der Waals surface area contributed by atoms with E-state index >= 15 is 0 Å². The summed E-state index contributed by atoms with van der Waals surface area (Å²) in [6.07, 6.45) is 1.56. The van der Waals surface area contributed by atoms with E-state index in [4.69, 9.17) is 4.74 Å². The molecule has 0 aliphatic heterocycles. The third-order valence-electron chi connectivity index (χ3n) is 5.10. The summed E-state index contributed by atoms with van der Waals surface area (Å²) in [5, 5.41) is 2.58. The topological polar surface area (TPSA) is 96.0 Å². The number of nitrogens with one attached hydrogen (secondary N) is 1. The molecule has 9 heteroatoms. The molecule has 174 valence electrons. The molecule has 0 radical (unpaired) electrons. The zero-order valence-electron chi connectivity index (χ0n) is 18.9. The van der Waals surface area contributed by atoms with E-state index in [1.807, 2.05) is 24.3 Å². The van der Waals surface area contributed by atoms with Crippen LogP contribution in [0.1, 0.15) is 25.3 Å². The van der Waals surface area contributed by atoms with Crippen LogP contribution in [0.2, 0.25) is 0 Å². The molecule has 0 spiro atoms. The van der Waals surface area contributed by atoms with Crippen LogP contribution < -0.4 is 14.4 Å². The average molecular weight is 462 g/mol. The molecule has 0 aliphatic rings. The van der Waals surface area contributed by atoms with Crippen molar-refractivity contribution in [1.82, 2.24) is 10.2 Å². The van der Waals surface area contributed by atoms with E-state index in [1.165, 1.54) is 16.3 Å². The molecule has 0 bridgehead atoms. The minimum Gasteiger partial charge on any atom is -0.497 e. The number of hydrogen-bond donors (Lipinski definition) is 1. The Bertz CT molecular complexity index is 1010. The fourth-order valence-corrected chi connectivity index (χ4v) is 4.32. The van der Waals surface area contributed by atoms with Crippen molar-refractivity contribution < 1.29 is 22.7 Å². The van der Waals surface area contributed by atoms with Crippen LogP contribution in [0.3, 0.4) is 0 Å². The van der Waals surface area contributed by atoms with Gasteiger partial charge in [0.15, 0.2) is 0 Å². The first-order valence-corrected chi connectivity index (χ1v) is 12.2. The van der Waals surface area contributed by atoms with Crippen molar-refractivity contribution in [1.29, 1.82) is 0 Å². The lowest BCUT2D eigenvalue weighted by atomic mass is 10.1. The number of ether oxygens (including phenoxy) is 1. The summed E-state index contributed by atoms with van der Waals surface area (Å²) in [5.41, 5.74) is 1.38. The average Bonchev–Trinajstić information content (AvgIpc) is 2.79. The van der Waals surface area contributed by atoms with Gasteiger partial charge < -0.3 is 15.0 Å². The van der Waals surface area contributed by atoms with Crippen LogP contribution in [0.15, 0.2) is 54.6 Å². The molecule has 0 heterocycles. The minimum atomic E-state index is -3.50. The number of carbonyl (C=O) groups excluding carboxylic acids is 2. The normalized spacial score (nSPS) is 12.0. The molecule has 32 heavy (non-hydrogen) atoms.